The fraction of sp³-hybridized carbons (Fsp3) is 0.0714. The van der Waals surface area contributed by atoms with Crippen LogP contribution in [0.5, 0.6) is 5.75 Å². The molecule has 0 aliphatic carbocycles. The molecule has 0 bridgehead atoms. The molecule has 0 saturated carbocycles. The largest absolute Gasteiger partial charge is 0.487 e. The molecule has 0 amide bonds. The van der Waals surface area contributed by atoms with E-state index in [0.29, 0.717) is 28.0 Å². The summed E-state index contributed by atoms with van der Waals surface area (Å²) in [6.07, 6.45) is 0. The summed E-state index contributed by atoms with van der Waals surface area (Å²) < 4.78 is 5.58. The van der Waals surface area contributed by atoms with Gasteiger partial charge in [-0.2, -0.15) is 5.26 Å². The van der Waals surface area contributed by atoms with E-state index in [1.54, 1.807) is 24.3 Å². The van der Waals surface area contributed by atoms with E-state index in [9.17, 15) is 0 Å². The van der Waals surface area contributed by atoms with Gasteiger partial charge in [0.1, 0.15) is 24.0 Å². The highest BCUT2D eigenvalue weighted by atomic mass is 35.5. The van der Waals surface area contributed by atoms with Crippen LogP contribution in [0, 0.1) is 11.3 Å². The Morgan fingerprint density at radius 2 is 1.72 bits per heavy atom. The Hall–Kier alpha value is -1.69. The van der Waals surface area contributed by atoms with Crippen molar-refractivity contribution in [3.05, 3.63) is 63.6 Å². The van der Waals surface area contributed by atoms with Crippen LogP contribution in [0.3, 0.4) is 0 Å². The lowest BCUT2D eigenvalue weighted by Crippen LogP contribution is -1.98. The molecule has 2 aromatic rings. The minimum Gasteiger partial charge on any atom is -0.487 e. The second-order valence-corrected chi connectivity index (χ2v) is 4.42. The minimum absolute atomic E-state index is 0.300. The fourth-order valence-electron chi connectivity index (χ4n) is 1.50. The third-order valence-corrected chi connectivity index (χ3v) is 3.11. The number of nitriles is 1. The van der Waals surface area contributed by atoms with Gasteiger partial charge in [-0.1, -0.05) is 47.5 Å². The molecule has 0 aliphatic rings. The van der Waals surface area contributed by atoms with Crippen LogP contribution in [-0.2, 0) is 6.61 Å². The van der Waals surface area contributed by atoms with Crippen LogP contribution in [-0.4, -0.2) is 0 Å². The van der Waals surface area contributed by atoms with E-state index in [0.717, 1.165) is 5.56 Å². The third-order valence-electron chi connectivity index (χ3n) is 2.43. The van der Waals surface area contributed by atoms with Gasteiger partial charge in [0.05, 0.1) is 5.02 Å². The molecule has 0 fully saturated rings. The van der Waals surface area contributed by atoms with Crippen LogP contribution in [0.1, 0.15) is 11.1 Å². The van der Waals surface area contributed by atoms with Crippen LogP contribution in [0.4, 0.5) is 0 Å². The lowest BCUT2D eigenvalue weighted by Gasteiger charge is -2.09. The lowest BCUT2D eigenvalue weighted by atomic mass is 10.2. The smallest absolute Gasteiger partial charge is 0.139 e. The Morgan fingerprint density at radius 1 is 1.00 bits per heavy atom. The van der Waals surface area contributed by atoms with Gasteiger partial charge in [-0.3, -0.25) is 0 Å². The molecular weight excluding hydrogens is 269 g/mol. The Morgan fingerprint density at radius 3 is 2.44 bits per heavy atom. The van der Waals surface area contributed by atoms with Gasteiger partial charge in [0.2, 0.25) is 0 Å². The molecule has 0 aliphatic heterocycles. The molecule has 0 saturated heterocycles. The molecular formula is C14H9Cl2NO. The first-order chi connectivity index (χ1) is 8.72. The predicted octanol–water partition coefficient (Wildman–Crippen LogP) is 4.44. The summed E-state index contributed by atoms with van der Waals surface area (Å²) >= 11 is 11.9. The zero-order chi connectivity index (χ0) is 13.0. The molecule has 0 heterocycles. The van der Waals surface area contributed by atoms with Crippen LogP contribution in [0.15, 0.2) is 42.5 Å². The van der Waals surface area contributed by atoms with Gasteiger partial charge in [0, 0.05) is 10.6 Å². The molecule has 0 radical (unpaired) electrons. The molecule has 0 spiro atoms. The molecule has 2 aromatic carbocycles. The van der Waals surface area contributed by atoms with Crippen molar-refractivity contribution in [1.29, 1.82) is 5.26 Å². The van der Waals surface area contributed by atoms with Crippen molar-refractivity contribution in [3.8, 4) is 11.8 Å². The van der Waals surface area contributed by atoms with E-state index >= 15 is 0 Å². The Balaban J connectivity index is 2.19. The first kappa shape index (κ1) is 12.8. The maximum atomic E-state index is 9.01. The van der Waals surface area contributed by atoms with Crippen molar-refractivity contribution < 1.29 is 4.74 Å². The minimum atomic E-state index is 0.300. The number of nitrogens with zero attached hydrogens (tertiary/aromatic N) is 1. The number of benzene rings is 2. The second kappa shape index (κ2) is 5.77. The highest BCUT2D eigenvalue weighted by Gasteiger charge is 2.08. The summed E-state index contributed by atoms with van der Waals surface area (Å²) in [4.78, 5) is 0. The Kier molecular flexibility index (Phi) is 4.09. The van der Waals surface area contributed by atoms with Crippen LogP contribution >= 0.6 is 23.2 Å². The number of halogens is 2. The summed E-state index contributed by atoms with van der Waals surface area (Å²) in [5, 5.41) is 10.0. The van der Waals surface area contributed by atoms with Crippen molar-refractivity contribution in [3.63, 3.8) is 0 Å². The van der Waals surface area contributed by atoms with E-state index in [-0.39, 0.29) is 0 Å². The molecule has 2 nitrogen and oxygen atoms in total. The third kappa shape index (κ3) is 2.76. The topological polar surface area (TPSA) is 33.0 Å². The number of rotatable bonds is 3. The summed E-state index contributed by atoms with van der Waals surface area (Å²) in [7, 11) is 0. The van der Waals surface area contributed by atoms with Crippen molar-refractivity contribution >= 4 is 23.2 Å². The van der Waals surface area contributed by atoms with E-state index in [4.69, 9.17) is 33.2 Å². The number of hydrogen-bond donors (Lipinski definition) is 0. The molecule has 0 atom stereocenters. The molecule has 90 valence electrons. The predicted molar refractivity (Wildman–Crippen MR) is 72.0 cm³/mol. The summed E-state index contributed by atoms with van der Waals surface area (Å²) in [6.45, 7) is 0.300. The molecule has 0 unspecified atom stereocenters. The first-order valence-electron chi connectivity index (χ1n) is 5.27. The average molecular weight is 278 g/mol. The average Bonchev–Trinajstić information content (AvgIpc) is 2.38. The van der Waals surface area contributed by atoms with Crippen molar-refractivity contribution in [2.24, 2.45) is 0 Å². The van der Waals surface area contributed by atoms with Gasteiger partial charge in [-0.15, -0.1) is 0 Å². The van der Waals surface area contributed by atoms with Gasteiger partial charge in [0.25, 0.3) is 0 Å². The summed E-state index contributed by atoms with van der Waals surface area (Å²) in [5.41, 5.74) is 1.20. The summed E-state index contributed by atoms with van der Waals surface area (Å²) in [5.74, 6) is 0.463. The van der Waals surface area contributed by atoms with E-state index < -0.39 is 0 Å². The van der Waals surface area contributed by atoms with E-state index in [2.05, 4.69) is 0 Å². The molecule has 0 N–H and O–H groups in total. The van der Waals surface area contributed by atoms with Gasteiger partial charge in [-0.25, -0.2) is 0 Å². The van der Waals surface area contributed by atoms with Crippen LogP contribution in [0.2, 0.25) is 10.0 Å². The highest BCUT2D eigenvalue weighted by molar-refractivity contribution is 6.32. The number of ether oxygens (including phenoxy) is 1. The molecule has 0 aromatic heterocycles. The second-order valence-electron chi connectivity index (χ2n) is 3.60. The van der Waals surface area contributed by atoms with Gasteiger partial charge >= 0.3 is 0 Å². The first-order valence-corrected chi connectivity index (χ1v) is 6.03. The van der Waals surface area contributed by atoms with E-state index in [1.807, 2.05) is 24.3 Å². The van der Waals surface area contributed by atoms with Gasteiger partial charge in [-0.05, 0) is 18.2 Å². The van der Waals surface area contributed by atoms with Crippen molar-refractivity contribution in [2.45, 2.75) is 6.61 Å². The van der Waals surface area contributed by atoms with Crippen molar-refractivity contribution in [2.75, 3.05) is 0 Å². The SMILES string of the molecule is N#Cc1c(Cl)cccc1OCc1ccccc1Cl. The quantitative estimate of drug-likeness (QED) is 0.831. The van der Waals surface area contributed by atoms with Crippen LogP contribution < -0.4 is 4.74 Å². The zero-order valence-electron chi connectivity index (χ0n) is 9.36. The molecule has 2 rings (SSSR count). The maximum absolute atomic E-state index is 9.01. The molecule has 18 heavy (non-hydrogen) atoms. The Labute approximate surface area is 115 Å². The normalized spacial score (nSPS) is 9.83. The fourth-order valence-corrected chi connectivity index (χ4v) is 1.90. The standard InChI is InChI=1S/C14H9Cl2NO/c15-12-5-2-1-4-10(12)9-18-14-7-3-6-13(16)11(14)8-17/h1-7H,9H2. The monoisotopic (exact) mass is 277 g/mol. The zero-order valence-corrected chi connectivity index (χ0v) is 10.9. The highest BCUT2D eigenvalue weighted by Crippen LogP contribution is 2.26. The molecule has 4 heteroatoms. The Bertz CT molecular complexity index is 605. The van der Waals surface area contributed by atoms with Crippen molar-refractivity contribution in [1.82, 2.24) is 0 Å². The van der Waals surface area contributed by atoms with Gasteiger partial charge < -0.3 is 4.74 Å². The summed E-state index contributed by atoms with van der Waals surface area (Å²) in [6, 6.07) is 14.5. The maximum Gasteiger partial charge on any atom is 0.139 e. The lowest BCUT2D eigenvalue weighted by molar-refractivity contribution is 0.305. The van der Waals surface area contributed by atoms with Gasteiger partial charge in [0.15, 0.2) is 0 Å². The number of hydrogen-bond acceptors (Lipinski definition) is 2. The van der Waals surface area contributed by atoms with Crippen LogP contribution in [0.25, 0.3) is 0 Å². The van der Waals surface area contributed by atoms with E-state index in [1.165, 1.54) is 0 Å².